The Balaban J connectivity index is 1.26. The number of hydrogen-bond donors (Lipinski definition) is 1. The van der Waals surface area contributed by atoms with Gasteiger partial charge >= 0.3 is 6.03 Å². The van der Waals surface area contributed by atoms with Crippen molar-refractivity contribution in [3.05, 3.63) is 78.5 Å². The maximum Gasteiger partial charge on any atom is 0.317 e. The molecule has 6 heteroatoms. The third-order valence-electron chi connectivity index (χ3n) is 5.96. The van der Waals surface area contributed by atoms with Crippen molar-refractivity contribution in [2.45, 2.75) is 12.8 Å². The summed E-state index contributed by atoms with van der Waals surface area (Å²) in [4.78, 5) is 21.9. The van der Waals surface area contributed by atoms with Crippen LogP contribution in [0.5, 0.6) is 0 Å². The zero-order valence-electron chi connectivity index (χ0n) is 17.6. The van der Waals surface area contributed by atoms with E-state index < -0.39 is 0 Å². The summed E-state index contributed by atoms with van der Waals surface area (Å²) >= 11 is 0. The Bertz CT molecular complexity index is 1190. The molecule has 158 valence electrons. The van der Waals surface area contributed by atoms with Crippen molar-refractivity contribution in [1.82, 2.24) is 19.6 Å². The summed E-state index contributed by atoms with van der Waals surface area (Å²) in [6.45, 7) is 3.77. The highest BCUT2D eigenvalue weighted by atomic mass is 16.2. The molecular weight excluding hydrogens is 386 g/mol. The molecule has 1 saturated heterocycles. The van der Waals surface area contributed by atoms with Gasteiger partial charge in [0.2, 0.25) is 0 Å². The summed E-state index contributed by atoms with van der Waals surface area (Å²) in [6, 6.07) is 22.7. The SMILES string of the molecule is O=C(NCCc1ccccc1)N1CCCN(c2nc3ccccc3n3cccc23)CC1. The first-order valence-corrected chi connectivity index (χ1v) is 11.0. The van der Waals surface area contributed by atoms with Crippen LogP contribution in [0, 0.1) is 0 Å². The molecule has 1 fully saturated rings. The largest absolute Gasteiger partial charge is 0.353 e. The fraction of sp³-hybridized carbons (Fsp3) is 0.280. The predicted octanol–water partition coefficient (Wildman–Crippen LogP) is 3.95. The van der Waals surface area contributed by atoms with E-state index in [1.54, 1.807) is 0 Å². The molecule has 1 aliphatic heterocycles. The quantitative estimate of drug-likeness (QED) is 0.551. The summed E-state index contributed by atoms with van der Waals surface area (Å²) in [5.41, 5.74) is 4.45. The van der Waals surface area contributed by atoms with Crippen LogP contribution in [-0.2, 0) is 6.42 Å². The number of carbonyl (C=O) groups is 1. The molecule has 4 aromatic rings. The Morgan fingerprint density at radius 1 is 0.871 bits per heavy atom. The van der Waals surface area contributed by atoms with Gasteiger partial charge in [0.15, 0.2) is 5.82 Å². The summed E-state index contributed by atoms with van der Waals surface area (Å²) in [6.07, 6.45) is 3.86. The van der Waals surface area contributed by atoms with Crippen LogP contribution in [0.4, 0.5) is 10.6 Å². The molecule has 0 saturated carbocycles. The molecule has 6 nitrogen and oxygen atoms in total. The second-order valence-corrected chi connectivity index (χ2v) is 7.98. The number of urea groups is 1. The number of fused-ring (bicyclic) bond motifs is 3. The summed E-state index contributed by atoms with van der Waals surface area (Å²) in [5, 5.41) is 3.08. The highest BCUT2D eigenvalue weighted by Gasteiger charge is 2.21. The fourth-order valence-electron chi connectivity index (χ4n) is 4.34. The number of para-hydroxylation sites is 2. The first kappa shape index (κ1) is 19.4. The van der Waals surface area contributed by atoms with Crippen molar-refractivity contribution in [2.24, 2.45) is 0 Å². The molecule has 0 unspecified atom stereocenters. The van der Waals surface area contributed by atoms with Crippen molar-refractivity contribution in [3.8, 4) is 0 Å². The summed E-state index contributed by atoms with van der Waals surface area (Å²) < 4.78 is 2.20. The van der Waals surface area contributed by atoms with Gasteiger partial charge in [0.25, 0.3) is 0 Å². The van der Waals surface area contributed by atoms with Gasteiger partial charge in [-0.25, -0.2) is 9.78 Å². The lowest BCUT2D eigenvalue weighted by Crippen LogP contribution is -2.42. The van der Waals surface area contributed by atoms with E-state index in [2.05, 4.69) is 57.2 Å². The van der Waals surface area contributed by atoms with Crippen LogP contribution in [0.1, 0.15) is 12.0 Å². The monoisotopic (exact) mass is 413 g/mol. The van der Waals surface area contributed by atoms with Gasteiger partial charge in [-0.05, 0) is 42.7 Å². The molecular formula is C25H27N5O. The minimum atomic E-state index is 0.0251. The van der Waals surface area contributed by atoms with Crippen LogP contribution in [0.3, 0.4) is 0 Å². The Hall–Kier alpha value is -3.54. The number of nitrogens with one attached hydrogen (secondary N) is 1. The molecule has 0 bridgehead atoms. The van der Waals surface area contributed by atoms with Crippen LogP contribution >= 0.6 is 0 Å². The summed E-state index contributed by atoms with van der Waals surface area (Å²) in [7, 11) is 0. The highest BCUT2D eigenvalue weighted by Crippen LogP contribution is 2.26. The first-order chi connectivity index (χ1) is 15.3. The number of anilines is 1. The highest BCUT2D eigenvalue weighted by molar-refractivity contribution is 5.85. The zero-order chi connectivity index (χ0) is 21.0. The van der Waals surface area contributed by atoms with E-state index in [1.165, 1.54) is 5.56 Å². The average molecular weight is 414 g/mol. The number of benzene rings is 2. The molecule has 0 spiro atoms. The maximum atomic E-state index is 12.7. The maximum absolute atomic E-state index is 12.7. The van der Waals surface area contributed by atoms with Gasteiger partial charge in [-0.1, -0.05) is 42.5 Å². The van der Waals surface area contributed by atoms with Crippen molar-refractivity contribution in [1.29, 1.82) is 0 Å². The number of nitrogens with zero attached hydrogens (tertiary/aromatic N) is 4. The molecule has 5 rings (SSSR count). The van der Waals surface area contributed by atoms with Crippen molar-refractivity contribution in [2.75, 3.05) is 37.6 Å². The lowest BCUT2D eigenvalue weighted by Gasteiger charge is -2.24. The van der Waals surface area contributed by atoms with E-state index in [4.69, 9.17) is 4.98 Å². The average Bonchev–Trinajstić information content (AvgIpc) is 3.17. The number of amides is 2. The smallest absolute Gasteiger partial charge is 0.317 e. The van der Waals surface area contributed by atoms with E-state index in [-0.39, 0.29) is 6.03 Å². The molecule has 31 heavy (non-hydrogen) atoms. The number of rotatable bonds is 4. The molecule has 0 radical (unpaired) electrons. The van der Waals surface area contributed by atoms with Gasteiger partial charge in [0.1, 0.15) is 0 Å². The van der Waals surface area contributed by atoms with E-state index in [9.17, 15) is 4.79 Å². The van der Waals surface area contributed by atoms with E-state index in [1.807, 2.05) is 35.2 Å². The Kier molecular flexibility index (Phi) is 5.44. The van der Waals surface area contributed by atoms with Gasteiger partial charge in [-0.15, -0.1) is 0 Å². The van der Waals surface area contributed by atoms with E-state index in [0.29, 0.717) is 13.1 Å². The third-order valence-corrected chi connectivity index (χ3v) is 5.96. The Labute approximate surface area is 182 Å². The van der Waals surface area contributed by atoms with Gasteiger partial charge < -0.3 is 19.5 Å². The molecule has 2 aromatic heterocycles. The lowest BCUT2D eigenvalue weighted by atomic mass is 10.1. The minimum absolute atomic E-state index is 0.0251. The number of hydrogen-bond acceptors (Lipinski definition) is 3. The van der Waals surface area contributed by atoms with Crippen LogP contribution < -0.4 is 10.2 Å². The standard InChI is InChI=1S/C25H27N5O/c31-25(26-14-13-20-8-2-1-3-9-20)29-16-7-15-28(18-19-29)24-23-12-6-17-30(23)22-11-5-4-10-21(22)27-24/h1-6,8-12,17H,7,13-16,18-19H2,(H,26,31). The zero-order valence-corrected chi connectivity index (χ0v) is 17.6. The number of carbonyl (C=O) groups excluding carboxylic acids is 1. The number of aromatic nitrogens is 2. The fourth-order valence-corrected chi connectivity index (χ4v) is 4.34. The lowest BCUT2D eigenvalue weighted by molar-refractivity contribution is 0.201. The molecule has 1 aliphatic rings. The normalized spacial score (nSPS) is 14.7. The molecule has 0 atom stereocenters. The Morgan fingerprint density at radius 3 is 2.58 bits per heavy atom. The predicted molar refractivity (Wildman–Crippen MR) is 125 cm³/mol. The van der Waals surface area contributed by atoms with Crippen molar-refractivity contribution in [3.63, 3.8) is 0 Å². The molecule has 1 N–H and O–H groups in total. The molecule has 3 heterocycles. The molecule has 2 amide bonds. The van der Waals surface area contributed by atoms with Gasteiger partial charge in [-0.2, -0.15) is 0 Å². The van der Waals surface area contributed by atoms with Crippen molar-refractivity contribution >= 4 is 28.4 Å². The van der Waals surface area contributed by atoms with Crippen LogP contribution in [-0.4, -0.2) is 53.0 Å². The topological polar surface area (TPSA) is 52.9 Å². The first-order valence-electron chi connectivity index (χ1n) is 11.0. The second kappa shape index (κ2) is 8.68. The van der Waals surface area contributed by atoms with Crippen LogP contribution in [0.25, 0.3) is 16.6 Å². The molecule has 2 aromatic carbocycles. The summed E-state index contributed by atoms with van der Waals surface area (Å²) in [5.74, 6) is 0.995. The van der Waals surface area contributed by atoms with Crippen molar-refractivity contribution < 1.29 is 4.79 Å². The van der Waals surface area contributed by atoms with Crippen LogP contribution in [0.15, 0.2) is 72.9 Å². The van der Waals surface area contributed by atoms with Gasteiger partial charge in [0.05, 0.1) is 16.6 Å². The van der Waals surface area contributed by atoms with E-state index >= 15 is 0 Å². The van der Waals surface area contributed by atoms with E-state index in [0.717, 1.165) is 54.8 Å². The van der Waals surface area contributed by atoms with Gasteiger partial charge in [-0.3, -0.25) is 0 Å². The Morgan fingerprint density at radius 2 is 1.68 bits per heavy atom. The third kappa shape index (κ3) is 4.06. The van der Waals surface area contributed by atoms with Crippen LogP contribution in [0.2, 0.25) is 0 Å². The second-order valence-electron chi connectivity index (χ2n) is 7.98. The minimum Gasteiger partial charge on any atom is -0.353 e. The van der Waals surface area contributed by atoms with Gasteiger partial charge in [0, 0.05) is 38.9 Å². The molecule has 0 aliphatic carbocycles.